The van der Waals surface area contributed by atoms with Crippen molar-refractivity contribution in [2.75, 3.05) is 0 Å². The third kappa shape index (κ3) is 4.04. The van der Waals surface area contributed by atoms with E-state index in [1.54, 1.807) is 10.8 Å². The number of terminal acetylenes is 1. The summed E-state index contributed by atoms with van der Waals surface area (Å²) in [6, 6.07) is 0.405. The number of rotatable bonds is 6. The van der Waals surface area contributed by atoms with Crippen molar-refractivity contribution < 1.29 is 14.7 Å². The number of aryl methyl sites for hydroxylation is 1. The summed E-state index contributed by atoms with van der Waals surface area (Å²) in [5.74, 6) is 0.564. The van der Waals surface area contributed by atoms with Gasteiger partial charge in [0.2, 0.25) is 0 Å². The molecule has 1 heterocycles. The van der Waals surface area contributed by atoms with E-state index in [1.165, 1.54) is 6.07 Å². The first kappa shape index (κ1) is 15.1. The van der Waals surface area contributed by atoms with Gasteiger partial charge in [0.25, 0.3) is 5.91 Å². The number of nitrogens with zero attached hydrogens (tertiary/aromatic N) is 1. The highest BCUT2D eigenvalue weighted by Gasteiger charge is 2.21. The lowest BCUT2D eigenvalue weighted by molar-refractivity contribution is -0.139. The molecule has 0 fully saturated rings. The summed E-state index contributed by atoms with van der Waals surface area (Å²) >= 11 is 5.86. The molecule has 102 valence electrons. The summed E-state index contributed by atoms with van der Waals surface area (Å²) < 4.78 is 1.69. The van der Waals surface area contributed by atoms with Crippen LogP contribution in [0.15, 0.2) is 12.3 Å². The summed E-state index contributed by atoms with van der Waals surface area (Å²) in [5, 5.41) is 11.8. The van der Waals surface area contributed by atoms with E-state index in [0.717, 1.165) is 6.42 Å². The highest BCUT2D eigenvalue weighted by molar-refractivity contribution is 6.31. The molecule has 1 amide bonds. The minimum atomic E-state index is -1.16. The number of hydrogen-bond acceptors (Lipinski definition) is 2. The Morgan fingerprint density at radius 3 is 2.84 bits per heavy atom. The fraction of sp³-hybridized carbons (Fsp3) is 0.385. The third-order valence-corrected chi connectivity index (χ3v) is 2.69. The van der Waals surface area contributed by atoms with E-state index < -0.39 is 17.9 Å². The van der Waals surface area contributed by atoms with Gasteiger partial charge in [0.05, 0.1) is 5.02 Å². The summed E-state index contributed by atoms with van der Waals surface area (Å²) in [6.45, 7) is 2.59. The Balaban J connectivity index is 2.88. The summed E-state index contributed by atoms with van der Waals surface area (Å²) in [6.07, 6.45) is 7.47. The largest absolute Gasteiger partial charge is 0.480 e. The standard InChI is InChI=1S/C13H15ClN2O3/c1-3-5-10(13(18)19)15-12(17)11-7-9(14)8-16(11)6-4-2/h1,7-8,10H,4-6H2,2H3,(H,15,17)(H,18,19). The molecule has 1 unspecified atom stereocenters. The van der Waals surface area contributed by atoms with Gasteiger partial charge >= 0.3 is 5.97 Å². The Labute approximate surface area is 116 Å². The molecule has 5 nitrogen and oxygen atoms in total. The highest BCUT2D eigenvalue weighted by atomic mass is 35.5. The average molecular weight is 283 g/mol. The molecule has 0 aliphatic heterocycles. The number of carbonyl (C=O) groups is 2. The van der Waals surface area contributed by atoms with Crippen LogP contribution >= 0.6 is 11.6 Å². The molecule has 0 aliphatic carbocycles. The maximum Gasteiger partial charge on any atom is 0.327 e. The molecule has 1 aromatic heterocycles. The molecule has 0 bridgehead atoms. The molecule has 0 aromatic carbocycles. The number of amides is 1. The van der Waals surface area contributed by atoms with Gasteiger partial charge in [-0.3, -0.25) is 4.79 Å². The monoisotopic (exact) mass is 282 g/mol. The summed E-state index contributed by atoms with van der Waals surface area (Å²) in [7, 11) is 0. The van der Waals surface area contributed by atoms with Gasteiger partial charge in [-0.25, -0.2) is 4.79 Å². The van der Waals surface area contributed by atoms with Crippen molar-refractivity contribution in [1.29, 1.82) is 0 Å². The summed E-state index contributed by atoms with van der Waals surface area (Å²) in [4.78, 5) is 22.9. The lowest BCUT2D eigenvalue weighted by Gasteiger charge is -2.13. The number of hydrogen-bond donors (Lipinski definition) is 2. The minimum absolute atomic E-state index is 0.0662. The van der Waals surface area contributed by atoms with Gasteiger partial charge in [-0.2, -0.15) is 0 Å². The van der Waals surface area contributed by atoms with Crippen LogP contribution in [0.2, 0.25) is 5.02 Å². The number of carbonyl (C=O) groups excluding carboxylic acids is 1. The zero-order valence-corrected chi connectivity index (χ0v) is 11.3. The number of nitrogens with one attached hydrogen (secondary N) is 1. The predicted molar refractivity (Wildman–Crippen MR) is 72.1 cm³/mol. The molecule has 1 aromatic rings. The molecular weight excluding hydrogens is 268 g/mol. The van der Waals surface area contributed by atoms with Crippen LogP contribution in [0.1, 0.15) is 30.3 Å². The average Bonchev–Trinajstić information content (AvgIpc) is 2.70. The van der Waals surface area contributed by atoms with Crippen LogP contribution in [0, 0.1) is 12.3 Å². The van der Waals surface area contributed by atoms with Crippen LogP contribution in [0.5, 0.6) is 0 Å². The Morgan fingerprint density at radius 1 is 1.63 bits per heavy atom. The van der Waals surface area contributed by atoms with E-state index in [4.69, 9.17) is 23.1 Å². The van der Waals surface area contributed by atoms with Gasteiger partial charge in [0.15, 0.2) is 0 Å². The Kier molecular flexibility index (Phi) is 5.46. The van der Waals surface area contributed by atoms with E-state index >= 15 is 0 Å². The second kappa shape index (κ2) is 6.86. The first-order valence-electron chi connectivity index (χ1n) is 5.82. The normalized spacial score (nSPS) is 11.6. The zero-order valence-electron chi connectivity index (χ0n) is 10.5. The van der Waals surface area contributed by atoms with Crippen LogP contribution in [0.3, 0.4) is 0 Å². The summed E-state index contributed by atoms with van der Waals surface area (Å²) in [5.41, 5.74) is 0.329. The van der Waals surface area contributed by atoms with Crippen molar-refractivity contribution >= 4 is 23.5 Å². The molecule has 1 rings (SSSR count). The first-order chi connectivity index (χ1) is 8.99. The molecular formula is C13H15ClN2O3. The van der Waals surface area contributed by atoms with Crippen molar-refractivity contribution in [3.05, 3.63) is 23.0 Å². The van der Waals surface area contributed by atoms with Crippen molar-refractivity contribution in [3.8, 4) is 12.3 Å². The number of aromatic nitrogens is 1. The Bertz CT molecular complexity index is 516. The van der Waals surface area contributed by atoms with Crippen molar-refractivity contribution in [3.63, 3.8) is 0 Å². The Morgan fingerprint density at radius 2 is 2.32 bits per heavy atom. The lowest BCUT2D eigenvalue weighted by atomic mass is 10.2. The predicted octanol–water partition coefficient (Wildman–Crippen LogP) is 1.76. The van der Waals surface area contributed by atoms with Gasteiger partial charge in [-0.1, -0.05) is 18.5 Å². The molecule has 0 radical (unpaired) electrons. The molecule has 1 atom stereocenters. The number of carboxylic acids is 1. The van der Waals surface area contributed by atoms with Crippen molar-refractivity contribution in [1.82, 2.24) is 9.88 Å². The van der Waals surface area contributed by atoms with Gasteiger partial charge in [0, 0.05) is 19.2 Å². The van der Waals surface area contributed by atoms with Crippen LogP contribution < -0.4 is 5.32 Å². The van der Waals surface area contributed by atoms with Gasteiger partial charge in [-0.15, -0.1) is 12.3 Å². The van der Waals surface area contributed by atoms with Crippen LogP contribution in [-0.4, -0.2) is 27.6 Å². The second-order valence-electron chi connectivity index (χ2n) is 4.01. The van der Waals surface area contributed by atoms with E-state index in [0.29, 0.717) is 17.3 Å². The Hall–Kier alpha value is -1.93. The zero-order chi connectivity index (χ0) is 14.4. The van der Waals surface area contributed by atoms with E-state index in [9.17, 15) is 9.59 Å². The second-order valence-corrected chi connectivity index (χ2v) is 4.45. The maximum atomic E-state index is 12.0. The fourth-order valence-corrected chi connectivity index (χ4v) is 1.86. The quantitative estimate of drug-likeness (QED) is 0.781. The first-order valence-corrected chi connectivity index (χ1v) is 6.20. The molecule has 0 saturated carbocycles. The third-order valence-electron chi connectivity index (χ3n) is 2.49. The SMILES string of the molecule is C#CCC(NC(=O)c1cc(Cl)cn1CCC)C(=O)O. The maximum absolute atomic E-state index is 12.0. The van der Waals surface area contributed by atoms with E-state index in [-0.39, 0.29) is 6.42 Å². The lowest BCUT2D eigenvalue weighted by Crippen LogP contribution is -2.41. The minimum Gasteiger partial charge on any atom is -0.480 e. The molecule has 2 N–H and O–H groups in total. The van der Waals surface area contributed by atoms with Crippen LogP contribution in [0.4, 0.5) is 0 Å². The highest BCUT2D eigenvalue weighted by Crippen LogP contribution is 2.15. The molecule has 0 saturated heterocycles. The van der Waals surface area contributed by atoms with E-state index in [1.807, 2.05) is 6.92 Å². The van der Waals surface area contributed by atoms with Gasteiger partial charge < -0.3 is 15.0 Å². The number of halogens is 1. The van der Waals surface area contributed by atoms with Crippen LogP contribution in [-0.2, 0) is 11.3 Å². The molecule has 19 heavy (non-hydrogen) atoms. The van der Waals surface area contributed by atoms with Crippen molar-refractivity contribution in [2.45, 2.75) is 32.4 Å². The molecule has 0 spiro atoms. The fourth-order valence-electron chi connectivity index (χ4n) is 1.64. The van der Waals surface area contributed by atoms with Gasteiger partial charge in [0.1, 0.15) is 11.7 Å². The van der Waals surface area contributed by atoms with Crippen LogP contribution in [0.25, 0.3) is 0 Å². The van der Waals surface area contributed by atoms with E-state index in [2.05, 4.69) is 11.2 Å². The molecule has 6 heteroatoms. The molecule has 0 aliphatic rings. The number of aliphatic carboxylic acids is 1. The number of carboxylic acid groups (broad SMARTS) is 1. The topological polar surface area (TPSA) is 71.3 Å². The smallest absolute Gasteiger partial charge is 0.327 e. The van der Waals surface area contributed by atoms with Gasteiger partial charge in [-0.05, 0) is 12.5 Å². The van der Waals surface area contributed by atoms with Crippen molar-refractivity contribution in [2.24, 2.45) is 0 Å².